The van der Waals surface area contributed by atoms with Crippen molar-refractivity contribution < 1.29 is 14.6 Å². The van der Waals surface area contributed by atoms with Crippen LogP contribution in [0, 0.1) is 5.92 Å². The van der Waals surface area contributed by atoms with Gasteiger partial charge in [0.1, 0.15) is 11.7 Å². The predicted molar refractivity (Wildman–Crippen MR) is 128 cm³/mol. The van der Waals surface area contributed by atoms with E-state index in [9.17, 15) is 9.90 Å². The summed E-state index contributed by atoms with van der Waals surface area (Å²) >= 11 is 0. The van der Waals surface area contributed by atoms with Gasteiger partial charge in [-0.25, -0.2) is 4.98 Å². The van der Waals surface area contributed by atoms with Crippen LogP contribution in [0.2, 0.25) is 0 Å². The first-order chi connectivity index (χ1) is 16.0. The van der Waals surface area contributed by atoms with Gasteiger partial charge in [0, 0.05) is 44.1 Å². The first-order valence-electron chi connectivity index (χ1n) is 11.8. The number of nitrogens with zero attached hydrogens (tertiary/aromatic N) is 4. The molecule has 1 aliphatic heterocycles. The SMILES string of the molecule is C[C@@H]1CN([C@@H](C)CO)C(=O)c2cc(C3=CCCC3)cnc2O[C@@H]1CN(C)Cc1cccnc1. The Morgan fingerprint density at radius 2 is 2.21 bits per heavy atom. The lowest BCUT2D eigenvalue weighted by Gasteiger charge is -2.37. The number of likely N-dealkylation sites (N-methyl/N-ethyl adjacent to an activating group) is 1. The quantitative estimate of drug-likeness (QED) is 0.697. The molecule has 3 atom stereocenters. The molecule has 7 nitrogen and oxygen atoms in total. The molecule has 0 aromatic carbocycles. The Morgan fingerprint density at radius 3 is 2.91 bits per heavy atom. The molecular formula is C26H34N4O3. The number of amides is 1. The van der Waals surface area contributed by atoms with Gasteiger partial charge in [0.2, 0.25) is 5.88 Å². The summed E-state index contributed by atoms with van der Waals surface area (Å²) in [7, 11) is 2.06. The fourth-order valence-electron chi connectivity index (χ4n) is 4.60. The van der Waals surface area contributed by atoms with Crippen molar-refractivity contribution in [3.05, 3.63) is 59.6 Å². The molecule has 176 valence electrons. The maximum atomic E-state index is 13.5. The average Bonchev–Trinajstić information content (AvgIpc) is 3.36. The monoisotopic (exact) mass is 450 g/mol. The van der Waals surface area contributed by atoms with E-state index >= 15 is 0 Å². The van der Waals surface area contributed by atoms with E-state index in [1.54, 1.807) is 11.1 Å². The summed E-state index contributed by atoms with van der Waals surface area (Å²) in [6.45, 7) is 5.84. The van der Waals surface area contributed by atoms with Gasteiger partial charge in [0.15, 0.2) is 0 Å². The van der Waals surface area contributed by atoms with Crippen LogP contribution in [-0.2, 0) is 6.54 Å². The largest absolute Gasteiger partial charge is 0.472 e. The van der Waals surface area contributed by atoms with Crippen LogP contribution < -0.4 is 4.74 Å². The molecule has 0 spiro atoms. The minimum Gasteiger partial charge on any atom is -0.472 e. The third kappa shape index (κ3) is 5.42. The van der Waals surface area contributed by atoms with Gasteiger partial charge in [-0.2, -0.15) is 0 Å². The summed E-state index contributed by atoms with van der Waals surface area (Å²) in [5.74, 6) is 0.309. The number of aromatic nitrogens is 2. The van der Waals surface area contributed by atoms with Crippen molar-refractivity contribution in [1.82, 2.24) is 19.8 Å². The maximum absolute atomic E-state index is 13.5. The molecule has 0 bridgehead atoms. The van der Waals surface area contributed by atoms with E-state index in [2.05, 4.69) is 41.0 Å². The fourth-order valence-corrected chi connectivity index (χ4v) is 4.60. The van der Waals surface area contributed by atoms with Crippen LogP contribution in [0.5, 0.6) is 5.88 Å². The molecule has 0 saturated carbocycles. The number of aliphatic hydroxyl groups excluding tert-OH is 1. The van der Waals surface area contributed by atoms with Gasteiger partial charge in [-0.15, -0.1) is 0 Å². The lowest BCUT2D eigenvalue weighted by atomic mass is 9.99. The fraction of sp³-hybridized carbons (Fsp3) is 0.500. The van der Waals surface area contributed by atoms with Gasteiger partial charge in [-0.3, -0.25) is 14.7 Å². The van der Waals surface area contributed by atoms with Crippen LogP contribution >= 0.6 is 0 Å². The van der Waals surface area contributed by atoms with Gasteiger partial charge < -0.3 is 14.7 Å². The van der Waals surface area contributed by atoms with Gasteiger partial charge >= 0.3 is 0 Å². The van der Waals surface area contributed by atoms with Crippen molar-refractivity contribution in [3.8, 4) is 5.88 Å². The van der Waals surface area contributed by atoms with Crippen molar-refractivity contribution in [2.24, 2.45) is 5.92 Å². The van der Waals surface area contributed by atoms with Crippen LogP contribution in [-0.4, -0.2) is 69.7 Å². The number of carbonyl (C=O) groups excluding carboxylic acids is 1. The van der Waals surface area contributed by atoms with Gasteiger partial charge in [0.05, 0.1) is 12.6 Å². The number of fused-ring (bicyclic) bond motifs is 1. The molecule has 2 aromatic rings. The zero-order valence-corrected chi connectivity index (χ0v) is 19.8. The second-order valence-electron chi connectivity index (χ2n) is 9.38. The number of pyridine rings is 2. The van der Waals surface area contributed by atoms with Crippen LogP contribution in [0.15, 0.2) is 42.9 Å². The molecule has 33 heavy (non-hydrogen) atoms. The molecule has 2 aliphatic rings. The molecule has 0 fully saturated rings. The molecule has 1 aliphatic carbocycles. The number of hydrogen-bond acceptors (Lipinski definition) is 6. The predicted octanol–water partition coefficient (Wildman–Crippen LogP) is 3.40. The van der Waals surface area contributed by atoms with Crippen LogP contribution in [0.1, 0.15) is 54.6 Å². The summed E-state index contributed by atoms with van der Waals surface area (Å²) in [4.78, 5) is 26.3. The highest BCUT2D eigenvalue weighted by Gasteiger charge is 2.34. The van der Waals surface area contributed by atoms with E-state index in [-0.39, 0.29) is 30.6 Å². The lowest BCUT2D eigenvalue weighted by molar-refractivity contribution is 0.0325. The Balaban J connectivity index is 1.62. The Hall–Kier alpha value is -2.77. The second-order valence-corrected chi connectivity index (χ2v) is 9.38. The molecule has 7 heteroatoms. The van der Waals surface area contributed by atoms with Crippen molar-refractivity contribution in [2.75, 3.05) is 26.7 Å². The Labute approximate surface area is 196 Å². The molecule has 0 unspecified atom stereocenters. The van der Waals surface area contributed by atoms with Crippen molar-refractivity contribution in [2.45, 2.75) is 51.8 Å². The van der Waals surface area contributed by atoms with Crippen molar-refractivity contribution in [3.63, 3.8) is 0 Å². The molecule has 3 heterocycles. The normalized spacial score (nSPS) is 21.8. The van der Waals surface area contributed by atoms with Crippen LogP contribution in [0.4, 0.5) is 0 Å². The Kier molecular flexibility index (Phi) is 7.40. The maximum Gasteiger partial charge on any atom is 0.259 e. The Morgan fingerprint density at radius 1 is 1.36 bits per heavy atom. The van der Waals surface area contributed by atoms with Crippen molar-refractivity contribution in [1.29, 1.82) is 0 Å². The molecule has 1 N–H and O–H groups in total. The van der Waals surface area contributed by atoms with E-state index < -0.39 is 0 Å². The van der Waals surface area contributed by atoms with E-state index in [1.807, 2.05) is 31.5 Å². The van der Waals surface area contributed by atoms with Crippen LogP contribution in [0.3, 0.4) is 0 Å². The molecule has 1 amide bonds. The smallest absolute Gasteiger partial charge is 0.259 e. The molecule has 4 rings (SSSR count). The number of aliphatic hydroxyl groups is 1. The molecule has 0 saturated heterocycles. The third-order valence-electron chi connectivity index (χ3n) is 6.60. The van der Waals surface area contributed by atoms with Crippen molar-refractivity contribution >= 4 is 11.5 Å². The number of carbonyl (C=O) groups is 1. The number of allylic oxidation sites excluding steroid dienone is 2. The molecule has 0 radical (unpaired) electrons. The van der Waals surface area contributed by atoms with Gasteiger partial charge in [-0.05, 0) is 62.1 Å². The minimum atomic E-state index is -0.283. The summed E-state index contributed by atoms with van der Waals surface area (Å²) in [5.41, 5.74) is 3.84. The second kappa shape index (κ2) is 10.4. The molecular weight excluding hydrogens is 416 g/mol. The lowest BCUT2D eigenvalue weighted by Crippen LogP contribution is -2.49. The Bertz CT molecular complexity index is 994. The number of rotatable bonds is 7. The number of ether oxygens (including phenoxy) is 1. The summed E-state index contributed by atoms with van der Waals surface area (Å²) in [6.07, 6.45) is 10.7. The van der Waals surface area contributed by atoms with E-state index in [1.165, 1.54) is 5.57 Å². The standard InChI is InChI=1S/C26H34N4O3/c1-18-14-30(19(2)17-31)26(32)23-11-22(21-8-4-5-9-21)13-28-25(23)33-24(18)16-29(3)15-20-7-6-10-27-12-20/h6-8,10-13,18-19,24,31H,4-5,9,14-17H2,1-3H3/t18-,19+,24-/m1/s1. The first-order valence-corrected chi connectivity index (χ1v) is 11.8. The van der Waals surface area contributed by atoms with E-state index in [4.69, 9.17) is 4.74 Å². The third-order valence-corrected chi connectivity index (χ3v) is 6.60. The van der Waals surface area contributed by atoms with Crippen LogP contribution in [0.25, 0.3) is 5.57 Å². The van der Waals surface area contributed by atoms with E-state index in [0.29, 0.717) is 24.5 Å². The average molecular weight is 451 g/mol. The van der Waals surface area contributed by atoms with Gasteiger partial charge in [-0.1, -0.05) is 19.1 Å². The number of hydrogen-bond donors (Lipinski definition) is 1. The zero-order chi connectivity index (χ0) is 23.4. The summed E-state index contributed by atoms with van der Waals surface area (Å²) in [5, 5.41) is 9.84. The van der Waals surface area contributed by atoms with Gasteiger partial charge in [0.25, 0.3) is 5.91 Å². The highest BCUT2D eigenvalue weighted by atomic mass is 16.5. The zero-order valence-electron chi connectivity index (χ0n) is 19.8. The highest BCUT2D eigenvalue weighted by Crippen LogP contribution is 2.32. The summed E-state index contributed by atoms with van der Waals surface area (Å²) in [6, 6.07) is 5.64. The van der Waals surface area contributed by atoms with E-state index in [0.717, 1.165) is 36.9 Å². The molecule has 2 aromatic heterocycles. The minimum absolute atomic E-state index is 0.0615. The first kappa shape index (κ1) is 23.4. The summed E-state index contributed by atoms with van der Waals surface area (Å²) < 4.78 is 6.41. The topological polar surface area (TPSA) is 78.8 Å². The highest BCUT2D eigenvalue weighted by molar-refractivity contribution is 5.97.